The van der Waals surface area contributed by atoms with Gasteiger partial charge >= 0.3 is 224 Å². The van der Waals surface area contributed by atoms with Crippen LogP contribution >= 0.6 is 0 Å². The Labute approximate surface area is 399 Å². The molecule has 0 amide bonds. The van der Waals surface area contributed by atoms with E-state index in [-0.39, 0.29) is 231 Å². The Hall–Kier alpha value is -0.538. The van der Waals surface area contributed by atoms with E-state index in [9.17, 15) is 20.8 Å². The van der Waals surface area contributed by atoms with Gasteiger partial charge in [0.1, 0.15) is 0 Å². The number of nitrogens with zero attached hydrogens (tertiary/aromatic N) is 12. The minimum absolute atomic E-state index is 0. The molecule has 0 bridgehead atoms. The molecule has 0 saturated carbocycles. The van der Waals surface area contributed by atoms with E-state index in [2.05, 4.69) is 0 Å². The van der Waals surface area contributed by atoms with E-state index in [1.54, 1.807) is 0 Å². The van der Waals surface area contributed by atoms with Crippen molar-refractivity contribution in [2.45, 2.75) is 0 Å². The molecule has 0 aliphatic heterocycles. The fraction of sp³-hybridized carbons (Fsp3) is 0. The maximum Gasteiger partial charge on any atom is 1.00 e. The second-order valence-corrected chi connectivity index (χ2v) is 3.38. The van der Waals surface area contributed by atoms with Crippen LogP contribution in [-0.4, -0.2) is 74.2 Å². The van der Waals surface area contributed by atoms with Gasteiger partial charge in [0.2, 0.25) is 0 Å². The van der Waals surface area contributed by atoms with Crippen molar-refractivity contribution in [1.29, 1.82) is 42.1 Å². The van der Waals surface area contributed by atoms with E-state index in [0.717, 1.165) is 0 Å². The molecule has 0 aromatic heterocycles. The Balaban J connectivity index is -0.0000000129. The van der Waals surface area contributed by atoms with E-state index in [1.165, 1.54) is 48.6 Å². The summed E-state index contributed by atoms with van der Waals surface area (Å²) in [4.78, 5) is -3.11. The van der Waals surface area contributed by atoms with E-state index in [4.69, 9.17) is 62.9 Å². The van der Waals surface area contributed by atoms with Gasteiger partial charge in [-0.25, -0.2) is 0 Å². The summed E-state index contributed by atoms with van der Waals surface area (Å²) in [5.74, 6) is 0. The van der Waals surface area contributed by atoms with Crippen LogP contribution in [0.4, 0.5) is 0 Å². The number of rotatable bonds is 0. The molecule has 46 heavy (non-hydrogen) atoms. The van der Waals surface area contributed by atoms with Gasteiger partial charge in [-0.3, -0.25) is 20.8 Å². The monoisotopic (exact) mass is 1490 g/mol. The molecule has 0 saturated heterocycles. The molecule has 0 heterocycles. The Morgan fingerprint density at radius 3 is 0.391 bits per heavy atom. The van der Waals surface area contributed by atoms with E-state index in [1.807, 2.05) is 0 Å². The van der Waals surface area contributed by atoms with Crippen LogP contribution in [0.5, 0.6) is 0 Å². The molecule has 290 valence electrons. The first-order valence-electron chi connectivity index (χ1n) is 6.21. The minimum atomic E-state index is -0.870. The summed E-state index contributed by atoms with van der Waals surface area (Å²) in [6.45, 7) is 0. The van der Waals surface area contributed by atoms with Crippen LogP contribution in [0.15, 0.2) is 0 Å². The predicted octanol–water partition coefficient (Wildman–Crippen LogP) is -2.02. The summed E-state index contributed by atoms with van der Waals surface area (Å²) in [5, 5.41) is 132. The standard InChI is InChI=1S/4C3HN3O2.9Ag.3H2N.2H2O/c4*4-1-3(2-5)6(7)8;;;;;;;;;;;;;;/h4*(H,7,8);;;;;;;;;;5*1H2/q;;;;9*+1;3*-1;;. The zero-order valence-corrected chi connectivity index (χ0v) is 33.6. The Morgan fingerprint density at radius 1 is 0.326 bits per heavy atom. The zero-order chi connectivity index (χ0) is 26.3. The van der Waals surface area contributed by atoms with Crippen molar-refractivity contribution < 1.29 is 253 Å². The maximum absolute atomic E-state index is 9.60. The third-order valence-electron chi connectivity index (χ3n) is 1.61. The first-order valence-corrected chi connectivity index (χ1v) is 6.21. The molecule has 0 aliphatic carbocycles. The molecule has 0 atom stereocenters. The van der Waals surface area contributed by atoms with Crippen molar-refractivity contribution in [2.24, 2.45) is 0 Å². The topological polar surface area (TPSA) is 539 Å². The summed E-state index contributed by atoms with van der Waals surface area (Å²) in [6, 6.07) is 9.36. The van der Waals surface area contributed by atoms with E-state index >= 15 is 0 Å². The Morgan fingerprint density at radius 2 is 0.391 bits per heavy atom. The van der Waals surface area contributed by atoms with E-state index in [0.29, 0.717) is 0 Å². The van der Waals surface area contributed by atoms with Crippen molar-refractivity contribution in [3.05, 3.63) is 39.3 Å². The third kappa shape index (κ3) is 79.2. The minimum Gasteiger partial charge on any atom is -0.693 e. The number of nitrogens with two attached hydrogens (primary N) is 3. The molecular formula is C12H14Ag9N15O10+6. The predicted molar refractivity (Wildman–Crippen MR) is 110 cm³/mol. The normalized spacial score (nSPS) is 4.35. The molecule has 0 fully saturated rings. The molecule has 14 N–H and O–H groups in total. The second kappa shape index (κ2) is 84.8. The van der Waals surface area contributed by atoms with Crippen molar-refractivity contribution in [2.75, 3.05) is 0 Å². The number of hydrogen-bond donors (Lipinski definition) is 4. The van der Waals surface area contributed by atoms with Gasteiger partial charge in [-0.1, -0.05) is 0 Å². The SMILES string of the molecule is N#CC(C#N)=[N+]([O-])O.N#CC(C#N)=[N+]([O-])O.N#CC(C#N)=[N+]([O-])O.N#CC(C#N)=[N+]([O-])O.O.O.[Ag+].[Ag+].[Ag+].[Ag+].[Ag+].[Ag+].[Ag+].[Ag+].[Ag+].[NH2-].[NH2-].[NH2-]. The van der Waals surface area contributed by atoms with Crippen LogP contribution in [-0.2, 0) is 201 Å². The largest absolute Gasteiger partial charge is 1.00 e. The number of nitriles is 8. The average molecular weight is 1500 g/mol. The van der Waals surface area contributed by atoms with Crippen LogP contribution < -0.4 is 0 Å². The van der Waals surface area contributed by atoms with Gasteiger partial charge < -0.3 is 50.2 Å². The first-order chi connectivity index (χ1) is 14.9. The number of hydrogen-bond acceptors (Lipinski definition) is 16. The fourth-order valence-corrected chi connectivity index (χ4v) is 0.442. The van der Waals surface area contributed by atoms with Gasteiger partial charge in [0.15, 0.2) is 48.6 Å². The van der Waals surface area contributed by atoms with Crippen LogP contribution in [0.3, 0.4) is 0 Å². The molecule has 0 aromatic carbocycles. The van der Waals surface area contributed by atoms with Gasteiger partial charge in [0.25, 0.3) is 0 Å². The second-order valence-electron chi connectivity index (χ2n) is 3.38. The van der Waals surface area contributed by atoms with Crippen molar-refractivity contribution in [3.63, 3.8) is 0 Å². The summed E-state index contributed by atoms with van der Waals surface area (Å²) in [7, 11) is 0. The summed E-state index contributed by atoms with van der Waals surface area (Å²) in [5.41, 5.74) is -3.48. The molecule has 0 aromatic rings. The van der Waals surface area contributed by atoms with Crippen molar-refractivity contribution >= 4 is 22.8 Å². The summed E-state index contributed by atoms with van der Waals surface area (Å²) >= 11 is 0. The average Bonchev–Trinajstić information content (AvgIpc) is 2.72. The van der Waals surface area contributed by atoms with Crippen LogP contribution in [0.25, 0.3) is 18.5 Å². The van der Waals surface area contributed by atoms with Crippen molar-refractivity contribution in [1.82, 2.24) is 0 Å². The van der Waals surface area contributed by atoms with Crippen LogP contribution in [0, 0.1) is 111 Å². The van der Waals surface area contributed by atoms with Crippen LogP contribution in [0.2, 0.25) is 0 Å². The quantitative estimate of drug-likeness (QED) is 0.0668. The molecule has 0 unspecified atom stereocenters. The fourth-order valence-electron chi connectivity index (χ4n) is 0.442. The molecule has 0 aliphatic rings. The van der Waals surface area contributed by atoms with Crippen molar-refractivity contribution in [3.8, 4) is 48.6 Å². The van der Waals surface area contributed by atoms with Crippen LogP contribution in [0.1, 0.15) is 0 Å². The Bertz CT molecular complexity index is 919. The van der Waals surface area contributed by atoms with Gasteiger partial charge in [0, 0.05) is 0 Å². The molecular weight excluding hydrogens is 1490 g/mol. The molecule has 0 rings (SSSR count). The molecule has 0 spiro atoms. The van der Waals surface area contributed by atoms with Gasteiger partial charge in [0.05, 0.1) is 19.6 Å². The Kier molecular flexibility index (Phi) is 220. The maximum atomic E-state index is 9.60. The van der Waals surface area contributed by atoms with E-state index < -0.39 is 42.5 Å². The smallest absolute Gasteiger partial charge is 0.693 e. The molecule has 34 heteroatoms. The van der Waals surface area contributed by atoms with Gasteiger partial charge in [-0.15, -0.1) is 0 Å². The zero-order valence-electron chi connectivity index (χ0n) is 20.2. The van der Waals surface area contributed by atoms with Gasteiger partial charge in [-0.05, 0) is 0 Å². The van der Waals surface area contributed by atoms with Gasteiger partial charge in [-0.2, -0.15) is 42.1 Å². The molecule has 0 radical (unpaired) electrons. The first kappa shape index (κ1) is 119. The summed E-state index contributed by atoms with van der Waals surface area (Å²) in [6.07, 6.45) is 0. The molecule has 25 nitrogen and oxygen atoms in total. The summed E-state index contributed by atoms with van der Waals surface area (Å²) < 4.78 is 0. The third-order valence-corrected chi connectivity index (χ3v) is 1.61.